The zero-order valence-electron chi connectivity index (χ0n) is 12.7. The van der Waals surface area contributed by atoms with E-state index in [2.05, 4.69) is 0 Å². The van der Waals surface area contributed by atoms with Gasteiger partial charge in [-0.2, -0.15) is 0 Å². The minimum absolute atomic E-state index is 0.0817. The topological polar surface area (TPSA) is 91.8 Å². The molecule has 0 spiro atoms. The van der Waals surface area contributed by atoms with Gasteiger partial charge in [0, 0.05) is 12.3 Å². The Bertz CT molecular complexity index is 798. The normalized spacial score (nSPS) is 39.1. The van der Waals surface area contributed by atoms with Crippen LogP contribution in [0, 0.1) is 0 Å². The molecule has 0 amide bonds. The van der Waals surface area contributed by atoms with Gasteiger partial charge in [0.1, 0.15) is 12.2 Å². The van der Waals surface area contributed by atoms with Crippen molar-refractivity contribution < 1.29 is 22.7 Å². The molecule has 0 radical (unpaired) electrons. The average molecular weight is 401 g/mol. The number of halogens is 2. The number of hydrogen-bond donors (Lipinski definition) is 1. The fraction of sp³-hybridized carbons (Fsp3) is 0.667. The van der Waals surface area contributed by atoms with Crippen LogP contribution in [0.4, 0.5) is 4.39 Å². The van der Waals surface area contributed by atoms with Gasteiger partial charge in [0.05, 0.1) is 12.7 Å². The Morgan fingerprint density at radius 2 is 2.29 bits per heavy atom. The molecule has 24 heavy (non-hydrogen) atoms. The van der Waals surface area contributed by atoms with E-state index < -0.39 is 41.5 Å². The van der Waals surface area contributed by atoms with E-state index in [1.54, 1.807) is 13.8 Å². The van der Waals surface area contributed by atoms with Gasteiger partial charge in [-0.15, -0.1) is 0 Å². The number of hydrogen-bond acceptors (Lipinski definition) is 7. The highest BCUT2D eigenvalue weighted by atomic mass is 35.5. The van der Waals surface area contributed by atoms with Gasteiger partial charge in [0.2, 0.25) is 0 Å². The van der Waals surface area contributed by atoms with Crippen LogP contribution < -0.4 is 11.2 Å². The largest absolute Gasteiger partial charge is 0.344 e. The number of fused-ring (bicyclic) bond motifs is 1. The van der Waals surface area contributed by atoms with Crippen molar-refractivity contribution in [1.82, 2.24) is 9.55 Å². The van der Waals surface area contributed by atoms with E-state index in [1.165, 1.54) is 0 Å². The van der Waals surface area contributed by atoms with E-state index in [9.17, 15) is 9.59 Å². The SMILES string of the molecule is CC(C)O[P@@]1(=S)OC[C@H]2O[C@@H](n3ccc(=O)[nH]c3=O)[C@](F)(Cl)[C@@H]2O1. The Labute approximate surface area is 146 Å². The molecule has 134 valence electrons. The third-order valence-corrected chi connectivity index (χ3v) is 6.30. The molecule has 0 unspecified atom stereocenters. The van der Waals surface area contributed by atoms with Crippen LogP contribution in [0.25, 0.3) is 0 Å². The molecule has 8 nitrogen and oxygen atoms in total. The predicted octanol–water partition coefficient (Wildman–Crippen LogP) is 1.40. The first kappa shape index (κ1) is 18.2. The monoisotopic (exact) mass is 400 g/mol. The molecule has 12 heteroatoms. The summed E-state index contributed by atoms with van der Waals surface area (Å²) in [6.45, 7) is 0.225. The minimum atomic E-state index is -3.17. The van der Waals surface area contributed by atoms with E-state index in [1.807, 2.05) is 4.98 Å². The first-order chi connectivity index (χ1) is 11.1. The first-order valence-electron chi connectivity index (χ1n) is 7.08. The first-order valence-corrected chi connectivity index (χ1v) is 10.0. The van der Waals surface area contributed by atoms with E-state index in [4.69, 9.17) is 41.7 Å². The van der Waals surface area contributed by atoms with Crippen molar-refractivity contribution in [3.05, 3.63) is 33.1 Å². The van der Waals surface area contributed by atoms with Crippen molar-refractivity contribution in [3.8, 4) is 0 Å². The van der Waals surface area contributed by atoms with Gasteiger partial charge in [0.25, 0.3) is 10.7 Å². The minimum Gasteiger partial charge on any atom is -0.344 e. The second kappa shape index (κ2) is 6.28. The third kappa shape index (κ3) is 3.24. The highest BCUT2D eigenvalue weighted by Gasteiger charge is 2.62. The molecule has 3 heterocycles. The zero-order valence-corrected chi connectivity index (χ0v) is 15.1. The molecular weight excluding hydrogens is 386 g/mol. The molecule has 2 aliphatic rings. The summed E-state index contributed by atoms with van der Waals surface area (Å²) in [7, 11) is 0. The molecule has 0 aliphatic carbocycles. The average Bonchev–Trinajstić information content (AvgIpc) is 2.69. The summed E-state index contributed by atoms with van der Waals surface area (Å²) in [5, 5.41) is -2.60. The third-order valence-electron chi connectivity index (χ3n) is 3.43. The maximum Gasteiger partial charge on any atom is 0.330 e. The maximum absolute atomic E-state index is 15.2. The number of aromatic amines is 1. The van der Waals surface area contributed by atoms with Gasteiger partial charge in [0.15, 0.2) is 6.23 Å². The van der Waals surface area contributed by atoms with E-state index in [-0.39, 0.29) is 12.7 Å². The second-order valence-electron chi connectivity index (χ2n) is 5.64. The molecule has 3 rings (SSSR count). The standard InChI is InChI=1S/C12H15ClFN2O6PS/c1-6(2)21-23(24)19-5-7-9(22-23)12(13,14)10(20-7)16-4-3-8(17)15-11(16)18/h3-4,6-7,9-10H,5H2,1-2H3,(H,15,17,18)/t7-,9-,10-,12+,23+/m1/s1. The lowest BCUT2D eigenvalue weighted by atomic mass is 10.1. The Morgan fingerprint density at radius 1 is 1.58 bits per heavy atom. The van der Waals surface area contributed by atoms with Crippen LogP contribution in [0.2, 0.25) is 0 Å². The van der Waals surface area contributed by atoms with Crippen molar-refractivity contribution in [2.45, 2.75) is 43.5 Å². The maximum atomic E-state index is 15.2. The highest BCUT2D eigenvalue weighted by molar-refractivity contribution is 8.07. The zero-order chi connectivity index (χ0) is 17.7. The summed E-state index contributed by atoms with van der Waals surface area (Å²) >= 11 is 11.2. The summed E-state index contributed by atoms with van der Waals surface area (Å²) in [6.07, 6.45) is -2.84. The van der Waals surface area contributed by atoms with Crippen molar-refractivity contribution in [3.63, 3.8) is 0 Å². The van der Waals surface area contributed by atoms with Gasteiger partial charge in [-0.05, 0) is 25.7 Å². The molecule has 0 bridgehead atoms. The molecule has 5 atom stereocenters. The van der Waals surface area contributed by atoms with Crippen molar-refractivity contribution in [2.24, 2.45) is 0 Å². The number of nitrogens with zero attached hydrogens (tertiary/aromatic N) is 1. The number of ether oxygens (including phenoxy) is 1. The van der Waals surface area contributed by atoms with Crippen LogP contribution in [-0.2, 0) is 30.1 Å². The van der Waals surface area contributed by atoms with Gasteiger partial charge >= 0.3 is 12.4 Å². The number of rotatable bonds is 3. The molecule has 2 aliphatic heterocycles. The molecular formula is C12H15ClFN2O6PS. The molecule has 2 saturated heterocycles. The summed E-state index contributed by atoms with van der Waals surface area (Å²) in [4.78, 5) is 25.0. The molecule has 1 aromatic heterocycles. The Kier molecular flexibility index (Phi) is 4.76. The van der Waals surface area contributed by atoms with Crippen LogP contribution in [0.5, 0.6) is 0 Å². The number of nitrogens with one attached hydrogen (secondary N) is 1. The fourth-order valence-corrected chi connectivity index (χ4v) is 5.46. The van der Waals surface area contributed by atoms with Gasteiger partial charge in [-0.25, -0.2) is 9.18 Å². The van der Waals surface area contributed by atoms with Gasteiger partial charge in [-0.1, -0.05) is 11.6 Å². The molecule has 0 saturated carbocycles. The molecule has 1 N–H and O–H groups in total. The predicted molar refractivity (Wildman–Crippen MR) is 86.3 cm³/mol. The quantitative estimate of drug-likeness (QED) is 0.605. The Hall–Kier alpha value is -0.610. The highest BCUT2D eigenvalue weighted by Crippen LogP contribution is 2.61. The molecule has 2 fully saturated rings. The molecule has 0 aromatic carbocycles. The summed E-state index contributed by atoms with van der Waals surface area (Å²) in [5.74, 6) is 0. The molecule has 1 aromatic rings. The van der Waals surface area contributed by atoms with E-state index in [0.29, 0.717) is 0 Å². The number of H-pyrrole nitrogens is 1. The van der Waals surface area contributed by atoms with Crippen LogP contribution in [0.1, 0.15) is 20.1 Å². The Balaban J connectivity index is 1.91. The summed E-state index contributed by atoms with van der Waals surface area (Å²) in [6, 6.07) is 1.06. The summed E-state index contributed by atoms with van der Waals surface area (Å²) < 4.78 is 37.9. The van der Waals surface area contributed by atoms with E-state index >= 15 is 4.39 Å². The number of alkyl halides is 2. The number of aromatic nitrogens is 2. The van der Waals surface area contributed by atoms with Crippen LogP contribution >= 0.6 is 18.3 Å². The fourth-order valence-electron chi connectivity index (χ4n) is 2.49. The van der Waals surface area contributed by atoms with Crippen LogP contribution in [-0.4, -0.2) is 39.6 Å². The lowest BCUT2D eigenvalue weighted by Gasteiger charge is -2.35. The van der Waals surface area contributed by atoms with Crippen LogP contribution in [0.15, 0.2) is 21.9 Å². The van der Waals surface area contributed by atoms with Gasteiger partial charge in [-0.3, -0.25) is 18.9 Å². The van der Waals surface area contributed by atoms with Crippen molar-refractivity contribution in [2.75, 3.05) is 6.61 Å². The lowest BCUT2D eigenvalue weighted by molar-refractivity contribution is -0.0657. The van der Waals surface area contributed by atoms with Crippen molar-refractivity contribution in [1.29, 1.82) is 0 Å². The van der Waals surface area contributed by atoms with Crippen LogP contribution in [0.3, 0.4) is 0 Å². The summed E-state index contributed by atoms with van der Waals surface area (Å²) in [5.41, 5.74) is -1.47. The van der Waals surface area contributed by atoms with Crippen molar-refractivity contribution >= 4 is 30.1 Å². The second-order valence-corrected chi connectivity index (χ2v) is 9.14. The lowest BCUT2D eigenvalue weighted by Crippen LogP contribution is -2.44. The smallest absolute Gasteiger partial charge is 0.330 e. The Morgan fingerprint density at radius 3 is 2.92 bits per heavy atom. The van der Waals surface area contributed by atoms with E-state index in [0.717, 1.165) is 16.8 Å². The van der Waals surface area contributed by atoms with Gasteiger partial charge < -0.3 is 13.8 Å².